The lowest BCUT2D eigenvalue weighted by Crippen LogP contribution is -2.47. The van der Waals surface area contributed by atoms with Crippen LogP contribution in [-0.4, -0.2) is 112 Å². The number of anilines is 2. The summed E-state index contributed by atoms with van der Waals surface area (Å²) in [6.07, 6.45) is 11.5. The van der Waals surface area contributed by atoms with Crippen molar-refractivity contribution in [3.8, 4) is 0 Å². The van der Waals surface area contributed by atoms with Crippen LogP contribution in [0.25, 0.3) is 5.57 Å². The highest BCUT2D eigenvalue weighted by molar-refractivity contribution is 7.99. The Morgan fingerprint density at radius 1 is 0.968 bits per heavy atom. The molecule has 11 nitrogen and oxygen atoms in total. The summed E-state index contributed by atoms with van der Waals surface area (Å²) in [5, 5.41) is 3.76. The van der Waals surface area contributed by atoms with Crippen molar-refractivity contribution in [3.05, 3.63) is 119 Å². The van der Waals surface area contributed by atoms with Crippen molar-refractivity contribution in [1.82, 2.24) is 24.7 Å². The smallest absolute Gasteiger partial charge is 0.380 e. The first-order valence-electron chi connectivity index (χ1n) is 20.6. The van der Waals surface area contributed by atoms with E-state index in [1.54, 1.807) is 0 Å². The molecule has 62 heavy (non-hydrogen) atoms. The molecular formula is C44H51ClF3N7O4S3. The molecule has 2 aliphatic heterocycles. The number of hydrogen-bond acceptors (Lipinski definition) is 11. The number of nitrogens with zero attached hydrogens (tertiary/aromatic N) is 5. The van der Waals surface area contributed by atoms with Crippen molar-refractivity contribution in [2.45, 2.75) is 70.9 Å². The number of alkyl halides is 3. The number of nitrogens with one attached hydrogen (secondary N) is 2. The molecule has 332 valence electrons. The van der Waals surface area contributed by atoms with E-state index in [0.717, 1.165) is 66.5 Å². The molecule has 1 unspecified atom stereocenters. The number of sulfonamides is 1. The van der Waals surface area contributed by atoms with E-state index in [0.29, 0.717) is 67.5 Å². The fraction of sp³-hybridized carbons (Fsp3) is 0.409. The number of fused-ring (bicyclic) bond motifs is 1. The SMILES string of the molecule is CN(C)CC[C@H](CSc1ccccc1)Nc1ccc(S(=O)(=O)Nc2ncnc3c2CCN(C2CCN(CC4CC=CC=C4c4ccccc4Cl)CC2)C3)cc1S(=O)(=O)C(F)(F)F. The van der Waals surface area contributed by atoms with Crippen LogP contribution in [0.3, 0.4) is 0 Å². The predicted octanol–water partition coefficient (Wildman–Crippen LogP) is 8.23. The van der Waals surface area contributed by atoms with E-state index >= 15 is 0 Å². The molecule has 2 atom stereocenters. The third-order valence-electron chi connectivity index (χ3n) is 11.6. The van der Waals surface area contributed by atoms with Crippen molar-refractivity contribution >= 4 is 60.3 Å². The molecule has 1 fully saturated rings. The second kappa shape index (κ2) is 19.8. The van der Waals surface area contributed by atoms with Crippen LogP contribution in [0.2, 0.25) is 5.02 Å². The molecule has 3 heterocycles. The van der Waals surface area contributed by atoms with E-state index in [-0.39, 0.29) is 11.5 Å². The number of rotatable bonds is 16. The molecule has 7 rings (SSSR count). The number of benzene rings is 3. The number of allylic oxidation sites excluding steroid dienone is 3. The van der Waals surface area contributed by atoms with E-state index in [4.69, 9.17) is 11.6 Å². The van der Waals surface area contributed by atoms with E-state index < -0.39 is 41.2 Å². The van der Waals surface area contributed by atoms with Crippen molar-refractivity contribution in [3.63, 3.8) is 0 Å². The lowest BCUT2D eigenvalue weighted by atomic mass is 9.85. The Morgan fingerprint density at radius 2 is 1.71 bits per heavy atom. The molecule has 0 bridgehead atoms. The van der Waals surface area contributed by atoms with Crippen LogP contribution in [0.4, 0.5) is 24.7 Å². The Balaban J connectivity index is 1.03. The minimum Gasteiger partial charge on any atom is -0.380 e. The van der Waals surface area contributed by atoms with E-state index in [1.165, 1.54) is 23.7 Å². The third-order valence-corrected chi connectivity index (χ3v) is 16.0. The Morgan fingerprint density at radius 3 is 2.44 bits per heavy atom. The highest BCUT2D eigenvalue weighted by Crippen LogP contribution is 2.38. The van der Waals surface area contributed by atoms with Gasteiger partial charge in [0, 0.05) is 58.9 Å². The zero-order valence-electron chi connectivity index (χ0n) is 34.6. The summed E-state index contributed by atoms with van der Waals surface area (Å²) < 4.78 is 98.8. The van der Waals surface area contributed by atoms with Crippen molar-refractivity contribution < 1.29 is 30.0 Å². The average molecular weight is 931 g/mol. The van der Waals surface area contributed by atoms with Gasteiger partial charge in [0.1, 0.15) is 17.0 Å². The Hall–Kier alpha value is -3.97. The molecule has 2 N–H and O–H groups in total. The molecule has 1 saturated heterocycles. The normalized spacial score (nSPS) is 18.6. The van der Waals surface area contributed by atoms with Gasteiger partial charge >= 0.3 is 5.51 Å². The van der Waals surface area contributed by atoms with Gasteiger partial charge in [-0.15, -0.1) is 11.8 Å². The molecule has 0 amide bonds. The summed E-state index contributed by atoms with van der Waals surface area (Å²) in [7, 11) is -6.88. The van der Waals surface area contributed by atoms with Gasteiger partial charge < -0.3 is 15.1 Å². The first-order chi connectivity index (χ1) is 29.6. The van der Waals surface area contributed by atoms with E-state index in [9.17, 15) is 30.0 Å². The molecule has 0 radical (unpaired) electrons. The zero-order valence-corrected chi connectivity index (χ0v) is 37.8. The summed E-state index contributed by atoms with van der Waals surface area (Å²) in [5.74, 6) is 0.757. The second-order valence-corrected chi connectivity index (χ2v) is 21.2. The van der Waals surface area contributed by atoms with Crippen molar-refractivity contribution in [2.24, 2.45) is 5.92 Å². The maximum absolute atomic E-state index is 14.2. The van der Waals surface area contributed by atoms with Gasteiger partial charge in [0.15, 0.2) is 0 Å². The topological polar surface area (TPSA) is 128 Å². The molecule has 18 heteroatoms. The monoisotopic (exact) mass is 929 g/mol. The lowest BCUT2D eigenvalue weighted by Gasteiger charge is -2.41. The summed E-state index contributed by atoms with van der Waals surface area (Å²) >= 11 is 8.05. The Kier molecular flexibility index (Phi) is 14.7. The highest BCUT2D eigenvalue weighted by Gasteiger charge is 2.48. The second-order valence-electron chi connectivity index (χ2n) is 16.1. The first kappa shape index (κ1) is 46.0. The summed E-state index contributed by atoms with van der Waals surface area (Å²) in [6, 6.07) is 20.0. The van der Waals surface area contributed by atoms with Gasteiger partial charge in [0.05, 0.1) is 16.3 Å². The van der Waals surface area contributed by atoms with Crippen LogP contribution in [-0.2, 0) is 32.8 Å². The van der Waals surface area contributed by atoms with Gasteiger partial charge in [-0.1, -0.05) is 66.2 Å². The van der Waals surface area contributed by atoms with Crippen LogP contribution >= 0.6 is 23.4 Å². The molecule has 3 aliphatic rings. The van der Waals surface area contributed by atoms with E-state index in [2.05, 4.69) is 54.1 Å². The maximum Gasteiger partial charge on any atom is 0.501 e. The quantitative estimate of drug-likeness (QED) is 0.106. The number of hydrogen-bond donors (Lipinski definition) is 2. The van der Waals surface area contributed by atoms with Crippen LogP contribution < -0.4 is 10.0 Å². The van der Waals surface area contributed by atoms with Gasteiger partial charge in [-0.2, -0.15) is 13.2 Å². The summed E-state index contributed by atoms with van der Waals surface area (Å²) in [5.41, 5.74) is -2.44. The Bertz CT molecular complexity index is 2480. The van der Waals surface area contributed by atoms with Gasteiger partial charge in [0.25, 0.3) is 19.9 Å². The maximum atomic E-state index is 14.2. The molecule has 0 saturated carbocycles. The minimum absolute atomic E-state index is 0.0116. The number of piperidine rings is 1. The average Bonchev–Trinajstić information content (AvgIpc) is 3.25. The number of likely N-dealkylation sites (tertiary alicyclic amines) is 1. The Labute approximate surface area is 371 Å². The van der Waals surface area contributed by atoms with Crippen LogP contribution in [0.5, 0.6) is 0 Å². The number of sulfone groups is 1. The summed E-state index contributed by atoms with van der Waals surface area (Å²) in [4.78, 5) is 14.6. The molecule has 1 aromatic heterocycles. The van der Waals surface area contributed by atoms with Crippen LogP contribution in [0.1, 0.15) is 42.5 Å². The molecular weight excluding hydrogens is 879 g/mol. The molecule has 3 aromatic carbocycles. The van der Waals surface area contributed by atoms with E-state index in [1.807, 2.05) is 67.5 Å². The molecule has 4 aromatic rings. The van der Waals surface area contributed by atoms with Gasteiger partial charge in [-0.3, -0.25) is 9.62 Å². The van der Waals surface area contributed by atoms with Gasteiger partial charge in [0.2, 0.25) is 0 Å². The number of aromatic nitrogens is 2. The highest BCUT2D eigenvalue weighted by atomic mass is 35.5. The molecule has 0 spiro atoms. The standard InChI is InChI=1S/C44H51ClF3N7O4S3/c1-53(2)22-18-32(29-60-34-11-4-3-5-12-34)51-40-17-16-35(26-42(40)61(56,57)44(46,47)48)62(58,59)52-43-38-21-25-55(28-41(38)49-30-50-43)33-19-23-54(24-20-33)27-31-10-6-7-13-36(31)37-14-8-9-15-39(37)45/h3-9,11-17,26,30-33,51H,10,18-25,27-29H2,1-2H3,(H,49,50,52)/t31?,32-/m1/s1. The van der Waals surface area contributed by atoms with Crippen LogP contribution in [0, 0.1) is 5.92 Å². The van der Waals surface area contributed by atoms with Crippen LogP contribution in [0.15, 0.2) is 112 Å². The number of halogens is 4. The van der Waals surface area contributed by atoms with Gasteiger partial charge in [-0.25, -0.2) is 26.8 Å². The molecule has 1 aliphatic carbocycles. The van der Waals surface area contributed by atoms with Gasteiger partial charge in [-0.05, 0) is 113 Å². The lowest BCUT2D eigenvalue weighted by molar-refractivity contribution is -0.0435. The number of thioether (sulfide) groups is 1. The third kappa shape index (κ3) is 11.0. The van der Waals surface area contributed by atoms with Crippen molar-refractivity contribution in [1.29, 1.82) is 0 Å². The zero-order chi connectivity index (χ0) is 44.1. The first-order valence-corrected chi connectivity index (χ1v) is 24.9. The predicted molar refractivity (Wildman–Crippen MR) is 241 cm³/mol. The largest absolute Gasteiger partial charge is 0.501 e. The minimum atomic E-state index is -5.98. The van der Waals surface area contributed by atoms with Crippen molar-refractivity contribution in [2.75, 3.05) is 62.6 Å². The fourth-order valence-corrected chi connectivity index (χ4v) is 11.6. The summed E-state index contributed by atoms with van der Waals surface area (Å²) in [6.45, 7) is 4.48. The fourth-order valence-electron chi connectivity index (χ4n) is 8.28.